The minimum absolute atomic E-state index is 0.137. The molecule has 31 heavy (non-hydrogen) atoms. The van der Waals surface area contributed by atoms with Crippen molar-refractivity contribution in [2.75, 3.05) is 0 Å². The molecular weight excluding hydrogens is 384 g/mol. The first-order chi connectivity index (χ1) is 15.0. The van der Waals surface area contributed by atoms with E-state index in [4.69, 9.17) is 14.7 Å². The highest BCUT2D eigenvalue weighted by molar-refractivity contribution is 5.69. The van der Waals surface area contributed by atoms with Crippen LogP contribution in [0.4, 0.5) is 0 Å². The third kappa shape index (κ3) is 9.63. The summed E-state index contributed by atoms with van der Waals surface area (Å²) in [7, 11) is 0. The van der Waals surface area contributed by atoms with Crippen LogP contribution in [0.5, 0.6) is 0 Å². The van der Waals surface area contributed by atoms with Gasteiger partial charge < -0.3 is 4.74 Å². The molecule has 1 aromatic heterocycles. The summed E-state index contributed by atoms with van der Waals surface area (Å²) in [5.41, 5.74) is 2.22. The summed E-state index contributed by atoms with van der Waals surface area (Å²) in [6, 6.07) is 9.82. The molecule has 0 saturated heterocycles. The molecule has 0 unspecified atom stereocenters. The predicted molar refractivity (Wildman–Crippen MR) is 127 cm³/mol. The van der Waals surface area contributed by atoms with Gasteiger partial charge in [0.2, 0.25) is 0 Å². The summed E-state index contributed by atoms with van der Waals surface area (Å²) in [4.78, 5) is 21.9. The first kappa shape index (κ1) is 25.0. The standard InChI is InChI=1S/C27H40N2O2/c1-5-6-7-9-14-24-18-28-27(29-19-24)25(16-15-21(2)3)22(4)17-26(30)31-20-23-12-10-8-11-13-23/h8,10-13,18-19,21-22,25H,5-7,9,14-17,20H2,1-4H3/t22-,25-/m0/s1. The number of nitrogens with zero attached hydrogens (tertiary/aromatic N) is 2. The number of benzene rings is 1. The number of hydrogen-bond donors (Lipinski definition) is 0. The van der Waals surface area contributed by atoms with Crippen molar-refractivity contribution < 1.29 is 9.53 Å². The Morgan fingerprint density at radius 3 is 2.29 bits per heavy atom. The third-order valence-corrected chi connectivity index (χ3v) is 5.85. The molecule has 4 heteroatoms. The first-order valence-electron chi connectivity index (χ1n) is 12.0. The van der Waals surface area contributed by atoms with Crippen molar-refractivity contribution in [3.63, 3.8) is 0 Å². The van der Waals surface area contributed by atoms with E-state index in [1.54, 1.807) is 0 Å². The molecule has 0 amide bonds. The van der Waals surface area contributed by atoms with Crippen LogP contribution in [0.1, 0.15) is 95.5 Å². The summed E-state index contributed by atoms with van der Waals surface area (Å²) in [5, 5.41) is 0. The van der Waals surface area contributed by atoms with Gasteiger partial charge in [-0.05, 0) is 42.2 Å². The van der Waals surface area contributed by atoms with Crippen molar-refractivity contribution in [3.8, 4) is 0 Å². The molecule has 0 radical (unpaired) electrons. The number of esters is 1. The molecule has 0 aliphatic rings. The monoisotopic (exact) mass is 424 g/mol. The van der Waals surface area contributed by atoms with Gasteiger partial charge in [-0.15, -0.1) is 0 Å². The van der Waals surface area contributed by atoms with Crippen LogP contribution in [0, 0.1) is 11.8 Å². The summed E-state index contributed by atoms with van der Waals surface area (Å²) < 4.78 is 5.51. The first-order valence-corrected chi connectivity index (χ1v) is 12.0. The highest BCUT2D eigenvalue weighted by Crippen LogP contribution is 2.31. The molecule has 2 rings (SSSR count). The van der Waals surface area contributed by atoms with Gasteiger partial charge in [0.25, 0.3) is 0 Å². The van der Waals surface area contributed by atoms with E-state index in [1.165, 1.54) is 31.2 Å². The zero-order valence-corrected chi connectivity index (χ0v) is 19.8. The molecule has 2 atom stereocenters. The Morgan fingerprint density at radius 1 is 0.935 bits per heavy atom. The number of aryl methyl sites for hydroxylation is 1. The SMILES string of the molecule is CCCCCCc1cnc([C@@H](CCC(C)C)[C@@H](C)CC(=O)OCc2ccccc2)nc1. The lowest BCUT2D eigenvalue weighted by Gasteiger charge is -2.23. The Kier molecular flexibility index (Phi) is 11.3. The Labute approximate surface area is 188 Å². The van der Waals surface area contributed by atoms with Gasteiger partial charge in [-0.25, -0.2) is 9.97 Å². The highest BCUT2D eigenvalue weighted by Gasteiger charge is 2.25. The fourth-order valence-electron chi connectivity index (χ4n) is 3.82. The Hall–Kier alpha value is -2.23. The molecule has 0 bridgehead atoms. The van der Waals surface area contributed by atoms with Crippen molar-refractivity contribution in [2.24, 2.45) is 11.8 Å². The zero-order chi connectivity index (χ0) is 22.5. The number of rotatable bonds is 14. The van der Waals surface area contributed by atoms with Crippen LogP contribution in [0.2, 0.25) is 0 Å². The zero-order valence-electron chi connectivity index (χ0n) is 19.8. The molecule has 170 valence electrons. The minimum atomic E-state index is -0.154. The fourth-order valence-corrected chi connectivity index (χ4v) is 3.82. The lowest BCUT2D eigenvalue weighted by Crippen LogP contribution is -2.19. The van der Waals surface area contributed by atoms with Gasteiger partial charge in [-0.1, -0.05) is 83.7 Å². The van der Waals surface area contributed by atoms with Gasteiger partial charge >= 0.3 is 5.97 Å². The minimum Gasteiger partial charge on any atom is -0.461 e. The number of ether oxygens (including phenoxy) is 1. The van der Waals surface area contributed by atoms with Crippen molar-refractivity contribution >= 4 is 5.97 Å². The van der Waals surface area contributed by atoms with E-state index in [1.807, 2.05) is 42.7 Å². The summed E-state index contributed by atoms with van der Waals surface area (Å²) in [5.74, 6) is 1.62. The maximum Gasteiger partial charge on any atom is 0.306 e. The molecule has 2 aromatic rings. The van der Waals surface area contributed by atoms with Crippen LogP contribution in [-0.4, -0.2) is 15.9 Å². The van der Waals surface area contributed by atoms with Crippen LogP contribution in [0.3, 0.4) is 0 Å². The molecule has 0 N–H and O–H groups in total. The second-order valence-corrected chi connectivity index (χ2v) is 9.17. The second kappa shape index (κ2) is 14.0. The summed E-state index contributed by atoms with van der Waals surface area (Å²) in [6.45, 7) is 9.14. The van der Waals surface area contributed by atoms with Crippen LogP contribution >= 0.6 is 0 Å². The van der Waals surface area contributed by atoms with E-state index < -0.39 is 0 Å². The van der Waals surface area contributed by atoms with Crippen LogP contribution in [-0.2, 0) is 22.6 Å². The van der Waals surface area contributed by atoms with Crippen LogP contribution < -0.4 is 0 Å². The lowest BCUT2D eigenvalue weighted by molar-refractivity contribution is -0.146. The largest absolute Gasteiger partial charge is 0.461 e. The number of unbranched alkanes of at least 4 members (excludes halogenated alkanes) is 3. The molecule has 0 aliphatic heterocycles. The molecule has 4 nitrogen and oxygen atoms in total. The Bertz CT molecular complexity index is 744. The molecule has 0 saturated carbocycles. The number of aromatic nitrogens is 2. The smallest absolute Gasteiger partial charge is 0.306 e. The summed E-state index contributed by atoms with van der Waals surface area (Å²) in [6.07, 6.45) is 12.5. The molecule has 1 heterocycles. The molecule has 0 spiro atoms. The van der Waals surface area contributed by atoms with Crippen LogP contribution in [0.25, 0.3) is 0 Å². The van der Waals surface area contributed by atoms with Gasteiger partial charge in [0, 0.05) is 24.7 Å². The Morgan fingerprint density at radius 2 is 1.65 bits per heavy atom. The molecule has 0 fully saturated rings. The van der Waals surface area contributed by atoms with E-state index >= 15 is 0 Å². The molecule has 0 aliphatic carbocycles. The molecule has 1 aromatic carbocycles. The van der Waals surface area contributed by atoms with Gasteiger partial charge in [0.1, 0.15) is 12.4 Å². The third-order valence-electron chi connectivity index (χ3n) is 5.85. The van der Waals surface area contributed by atoms with Crippen molar-refractivity contribution in [3.05, 3.63) is 59.7 Å². The molecular formula is C27H40N2O2. The number of carbonyl (C=O) groups excluding carboxylic acids is 1. The van der Waals surface area contributed by atoms with E-state index in [0.717, 1.165) is 30.7 Å². The van der Waals surface area contributed by atoms with Gasteiger partial charge in [0.05, 0.1) is 0 Å². The van der Waals surface area contributed by atoms with E-state index in [-0.39, 0.29) is 17.8 Å². The van der Waals surface area contributed by atoms with E-state index in [2.05, 4.69) is 27.7 Å². The van der Waals surface area contributed by atoms with Gasteiger partial charge in [-0.3, -0.25) is 4.79 Å². The average molecular weight is 425 g/mol. The number of carbonyl (C=O) groups is 1. The maximum absolute atomic E-state index is 12.5. The highest BCUT2D eigenvalue weighted by atomic mass is 16.5. The number of hydrogen-bond acceptors (Lipinski definition) is 4. The predicted octanol–water partition coefficient (Wildman–Crippen LogP) is 6.89. The van der Waals surface area contributed by atoms with Gasteiger partial charge in [0.15, 0.2) is 0 Å². The van der Waals surface area contributed by atoms with Crippen LogP contribution in [0.15, 0.2) is 42.7 Å². The van der Waals surface area contributed by atoms with Crippen molar-refractivity contribution in [1.29, 1.82) is 0 Å². The lowest BCUT2D eigenvalue weighted by atomic mass is 9.85. The maximum atomic E-state index is 12.5. The van der Waals surface area contributed by atoms with E-state index in [9.17, 15) is 4.79 Å². The van der Waals surface area contributed by atoms with Gasteiger partial charge in [-0.2, -0.15) is 0 Å². The van der Waals surface area contributed by atoms with E-state index in [0.29, 0.717) is 18.9 Å². The second-order valence-electron chi connectivity index (χ2n) is 9.17. The topological polar surface area (TPSA) is 52.1 Å². The fraction of sp³-hybridized carbons (Fsp3) is 0.593. The average Bonchev–Trinajstić information content (AvgIpc) is 2.77. The normalized spacial score (nSPS) is 13.2. The van der Waals surface area contributed by atoms with Crippen molar-refractivity contribution in [2.45, 2.75) is 91.6 Å². The quantitative estimate of drug-likeness (QED) is 0.245. The Balaban J connectivity index is 1.95. The summed E-state index contributed by atoms with van der Waals surface area (Å²) >= 11 is 0. The van der Waals surface area contributed by atoms with Crippen molar-refractivity contribution in [1.82, 2.24) is 9.97 Å².